The molecule has 0 unspecified atom stereocenters. The van der Waals surface area contributed by atoms with E-state index >= 15 is 0 Å². The van der Waals surface area contributed by atoms with E-state index in [4.69, 9.17) is 9.47 Å². The van der Waals surface area contributed by atoms with Crippen LogP contribution < -0.4 is 31.9 Å². The molecule has 3 aromatic carbocycles. The summed E-state index contributed by atoms with van der Waals surface area (Å²) in [5.41, 5.74) is -0.153. The van der Waals surface area contributed by atoms with E-state index < -0.39 is 94.6 Å². The Morgan fingerprint density at radius 2 is 1.19 bits per heavy atom. The van der Waals surface area contributed by atoms with E-state index in [9.17, 15) is 33.6 Å². The first kappa shape index (κ1) is 54.2. The van der Waals surface area contributed by atoms with Gasteiger partial charge in [-0.2, -0.15) is 0 Å². The highest BCUT2D eigenvalue weighted by molar-refractivity contribution is 5.99. The summed E-state index contributed by atoms with van der Waals surface area (Å²) in [6.07, 6.45) is 0.963. The number of unbranched alkanes of at least 4 members (excludes halogenated alkanes) is 1. The fraction of sp³-hybridized carbons (Fsp3) is 0.491. The van der Waals surface area contributed by atoms with E-state index in [1.165, 1.54) is 11.9 Å². The number of H-pyrrole nitrogens is 1. The highest BCUT2D eigenvalue weighted by atomic mass is 16.6. The number of fused-ring (bicyclic) bond motifs is 1. The van der Waals surface area contributed by atoms with Gasteiger partial charge in [-0.05, 0) is 104 Å². The average Bonchev–Trinajstić information content (AvgIpc) is 3.70. The van der Waals surface area contributed by atoms with Crippen molar-refractivity contribution in [3.05, 3.63) is 108 Å². The molecule has 17 nitrogen and oxygen atoms in total. The third kappa shape index (κ3) is 15.6. The third-order valence-corrected chi connectivity index (χ3v) is 12.1. The highest BCUT2D eigenvalue weighted by Crippen LogP contribution is 2.22. The van der Waals surface area contributed by atoms with Gasteiger partial charge in [0, 0.05) is 50.0 Å². The molecule has 0 aliphatic carbocycles. The predicted molar refractivity (Wildman–Crippen MR) is 267 cm³/mol. The second-order valence-corrected chi connectivity index (χ2v) is 20.5. The van der Waals surface area contributed by atoms with Crippen LogP contribution in [0.5, 0.6) is 0 Å². The van der Waals surface area contributed by atoms with Crippen LogP contribution in [-0.2, 0) is 57.5 Å². The average molecular weight is 965 g/mol. The first-order chi connectivity index (χ1) is 32.9. The van der Waals surface area contributed by atoms with Gasteiger partial charge in [0.05, 0.1) is 11.7 Å². The van der Waals surface area contributed by atoms with Crippen molar-refractivity contribution in [1.29, 1.82) is 0 Å². The number of carbonyl (C=O) groups is 7. The van der Waals surface area contributed by atoms with Crippen LogP contribution in [0.15, 0.2) is 91.1 Å². The van der Waals surface area contributed by atoms with E-state index in [1.54, 1.807) is 92.8 Å². The fourth-order valence-electron chi connectivity index (χ4n) is 8.16. The van der Waals surface area contributed by atoms with Gasteiger partial charge < -0.3 is 51.3 Å². The zero-order valence-corrected chi connectivity index (χ0v) is 42.2. The minimum atomic E-state index is -1.59. The number of hydrogen-bond acceptors (Lipinski definition) is 9. The number of para-hydroxylation sites is 1. The lowest BCUT2D eigenvalue weighted by Crippen LogP contribution is -2.65. The Morgan fingerprint density at radius 1 is 0.657 bits per heavy atom. The lowest BCUT2D eigenvalue weighted by atomic mass is 9.96. The smallest absolute Gasteiger partial charge is 0.407 e. The number of carbonyl (C=O) groups excluding carboxylic acids is 7. The Balaban J connectivity index is 1.60. The van der Waals surface area contributed by atoms with E-state index in [0.717, 1.165) is 10.9 Å². The molecule has 4 aromatic rings. The second kappa shape index (κ2) is 23.7. The zero-order chi connectivity index (χ0) is 51.4. The van der Waals surface area contributed by atoms with Crippen LogP contribution in [0.3, 0.4) is 0 Å². The number of amides is 7. The van der Waals surface area contributed by atoms with Crippen molar-refractivity contribution >= 4 is 52.4 Å². The lowest BCUT2D eigenvalue weighted by molar-refractivity contribution is -0.148. The molecule has 7 N–H and O–H groups in total. The molecule has 1 fully saturated rings. The van der Waals surface area contributed by atoms with Crippen LogP contribution in [0.1, 0.15) is 98.3 Å². The van der Waals surface area contributed by atoms with Crippen LogP contribution >= 0.6 is 0 Å². The van der Waals surface area contributed by atoms with Gasteiger partial charge in [-0.15, -0.1) is 0 Å². The Labute approximate surface area is 411 Å². The number of nitrogens with zero attached hydrogens (tertiary/aromatic N) is 1. The number of alkyl carbamates (subject to hydrolysis) is 1. The Hall–Kier alpha value is -6.75. The van der Waals surface area contributed by atoms with Gasteiger partial charge in [0.15, 0.2) is 0 Å². The van der Waals surface area contributed by atoms with Crippen LogP contribution in [0.4, 0.5) is 4.79 Å². The van der Waals surface area contributed by atoms with Gasteiger partial charge in [-0.3, -0.25) is 28.8 Å². The molecule has 0 bridgehead atoms. The number of rotatable bonds is 13. The standard InChI is InChI=1S/C53H72N8O9/c1-33(69-51(2,3)4)43-47(65)58-42(30-35-23-15-12-16-24-35)48(66)61(10)53(8,9)49(67)59-40(29-34-21-13-11-14-22-34)45(63)57-41(31-36-32-55-38-26-18-17-25-37(36)38)46(64)56-39(44(62)60-43)27-19-20-28-54-50(68)70-52(5,6)7/h11-18,21-26,32-33,39-43,55H,19-20,27-31H2,1-10H3,(H,54,68)(H,56,64)(H,57,63)(H,58,65)(H,59,67)(H,60,62)/t33-,39+,40+,41-,42+,43+/m1/s1. The number of aromatic amines is 1. The molecule has 378 valence electrons. The molecule has 1 saturated heterocycles. The van der Waals surface area contributed by atoms with Crippen molar-refractivity contribution < 1.29 is 43.0 Å². The summed E-state index contributed by atoms with van der Waals surface area (Å²) in [5, 5.41) is 17.9. The molecule has 0 spiro atoms. The maximum absolute atomic E-state index is 14.9. The monoisotopic (exact) mass is 965 g/mol. The van der Waals surface area contributed by atoms with Crippen LogP contribution in [0.25, 0.3) is 10.9 Å². The molecular formula is C53H72N8O9. The van der Waals surface area contributed by atoms with Crippen molar-refractivity contribution in [3.8, 4) is 0 Å². The van der Waals surface area contributed by atoms with Crippen molar-refractivity contribution in [2.45, 2.75) is 154 Å². The number of nitrogens with one attached hydrogen (secondary N) is 7. The molecule has 0 radical (unpaired) electrons. The normalized spacial score (nSPS) is 21.6. The molecule has 5 rings (SSSR count). The Morgan fingerprint density at radius 3 is 1.79 bits per heavy atom. The van der Waals surface area contributed by atoms with Crippen LogP contribution in [0, 0.1) is 0 Å². The highest BCUT2D eigenvalue weighted by Gasteiger charge is 2.42. The molecule has 1 aromatic heterocycles. The molecule has 7 amide bonds. The third-order valence-electron chi connectivity index (χ3n) is 12.1. The molecule has 1 aliphatic heterocycles. The summed E-state index contributed by atoms with van der Waals surface area (Å²) < 4.78 is 11.6. The quantitative estimate of drug-likeness (QED) is 0.0915. The molecule has 6 atom stereocenters. The number of ether oxygens (including phenoxy) is 2. The van der Waals surface area contributed by atoms with Crippen LogP contribution in [-0.4, -0.2) is 118 Å². The largest absolute Gasteiger partial charge is 0.444 e. The van der Waals surface area contributed by atoms with Crippen molar-refractivity contribution in [1.82, 2.24) is 41.8 Å². The maximum Gasteiger partial charge on any atom is 0.407 e. The first-order valence-corrected chi connectivity index (χ1v) is 24.0. The van der Waals surface area contributed by atoms with Gasteiger partial charge >= 0.3 is 6.09 Å². The van der Waals surface area contributed by atoms with Gasteiger partial charge in [0.1, 0.15) is 41.3 Å². The van der Waals surface area contributed by atoms with Gasteiger partial charge in [0.2, 0.25) is 35.4 Å². The zero-order valence-electron chi connectivity index (χ0n) is 42.2. The van der Waals surface area contributed by atoms with E-state index in [1.807, 2.05) is 60.7 Å². The molecule has 1 aliphatic rings. The molecule has 70 heavy (non-hydrogen) atoms. The molecule has 17 heteroatoms. The number of benzene rings is 3. The van der Waals surface area contributed by atoms with E-state index in [0.29, 0.717) is 29.5 Å². The van der Waals surface area contributed by atoms with Gasteiger partial charge in [-0.25, -0.2) is 4.79 Å². The molecule has 0 saturated carbocycles. The van der Waals surface area contributed by atoms with E-state index in [-0.39, 0.29) is 32.2 Å². The summed E-state index contributed by atoms with van der Waals surface area (Å²) in [5.74, 6) is -4.13. The SMILES string of the molecule is C[C@@H](OC(C)(C)C)[C@@H]1NC(=O)[C@H](CCCCNC(=O)OC(C)(C)C)NC(=O)[C@@H](Cc2c[nH]c3ccccc23)NC(=O)[C@H](Cc2ccccc2)NC(=O)C(C)(C)N(C)C(=O)[C@H](Cc2ccccc2)NC1=O. The Kier molecular flexibility index (Phi) is 18.4. The Bertz CT molecular complexity index is 2440. The topological polar surface area (TPSA) is 229 Å². The maximum atomic E-state index is 14.9. The first-order valence-electron chi connectivity index (χ1n) is 24.0. The summed E-state index contributed by atoms with van der Waals surface area (Å²) in [4.78, 5) is 105. The fourth-order valence-corrected chi connectivity index (χ4v) is 8.16. The van der Waals surface area contributed by atoms with Gasteiger partial charge in [-0.1, -0.05) is 78.9 Å². The second-order valence-electron chi connectivity index (χ2n) is 20.5. The van der Waals surface area contributed by atoms with E-state index in [2.05, 4.69) is 36.9 Å². The van der Waals surface area contributed by atoms with Crippen molar-refractivity contribution in [2.75, 3.05) is 13.6 Å². The summed E-state index contributed by atoms with van der Waals surface area (Å²) in [6, 6.07) is 19.2. The van der Waals surface area contributed by atoms with Gasteiger partial charge in [0.25, 0.3) is 0 Å². The van der Waals surface area contributed by atoms with Crippen LogP contribution in [0.2, 0.25) is 0 Å². The predicted octanol–water partition coefficient (Wildman–Crippen LogP) is 4.77. The summed E-state index contributed by atoms with van der Waals surface area (Å²) >= 11 is 0. The number of hydrogen-bond donors (Lipinski definition) is 7. The molecule has 2 heterocycles. The minimum Gasteiger partial charge on any atom is -0.444 e. The number of aromatic nitrogens is 1. The lowest BCUT2D eigenvalue weighted by Gasteiger charge is -2.38. The minimum absolute atomic E-state index is 0.0191. The van der Waals surface area contributed by atoms with Crippen molar-refractivity contribution in [2.24, 2.45) is 0 Å². The van der Waals surface area contributed by atoms with Crippen molar-refractivity contribution in [3.63, 3.8) is 0 Å². The summed E-state index contributed by atoms with van der Waals surface area (Å²) in [7, 11) is 1.45. The molecular weight excluding hydrogens is 893 g/mol. The number of likely N-dealkylation sites (N-methyl/N-ethyl adjacent to an activating group) is 1. The summed E-state index contributed by atoms with van der Waals surface area (Å²) in [6.45, 7) is 15.6.